The summed E-state index contributed by atoms with van der Waals surface area (Å²) in [7, 11) is 0. The van der Waals surface area contributed by atoms with Crippen molar-refractivity contribution in [2.75, 3.05) is 31.2 Å². The number of carbonyl (C=O) groups excluding carboxylic acids is 2. The molecule has 2 amide bonds. The van der Waals surface area contributed by atoms with Gasteiger partial charge in [0, 0.05) is 31.0 Å². The quantitative estimate of drug-likeness (QED) is 0.761. The van der Waals surface area contributed by atoms with Gasteiger partial charge in [0.15, 0.2) is 5.79 Å². The van der Waals surface area contributed by atoms with Crippen LogP contribution in [-0.4, -0.2) is 54.8 Å². The van der Waals surface area contributed by atoms with Gasteiger partial charge in [-0.2, -0.15) is 0 Å². The molecule has 3 heterocycles. The van der Waals surface area contributed by atoms with Crippen LogP contribution in [0.4, 0.5) is 5.69 Å². The number of benzene rings is 1. The third-order valence-electron chi connectivity index (χ3n) is 5.02. The molecular weight excluding hydrogens is 332 g/mol. The van der Waals surface area contributed by atoms with Crippen LogP contribution in [0.5, 0.6) is 0 Å². The number of rotatable bonds is 2. The standard InChI is InChI=1S/C17H19ClN2O4/c18-12-1-3-13(4-2-12)20-15(21)11-14(16(20)22)19-7-5-17(6-8-19)23-9-10-24-17/h1-4,14H,5-11H2/t14-/m1/s1. The molecule has 24 heavy (non-hydrogen) atoms. The summed E-state index contributed by atoms with van der Waals surface area (Å²) in [5, 5.41) is 0.576. The van der Waals surface area contributed by atoms with Crippen molar-refractivity contribution >= 4 is 29.1 Å². The first-order valence-electron chi connectivity index (χ1n) is 8.22. The lowest BCUT2D eigenvalue weighted by Gasteiger charge is -2.39. The zero-order chi connectivity index (χ0) is 16.7. The zero-order valence-corrected chi connectivity index (χ0v) is 14.0. The SMILES string of the molecule is O=C1C[C@@H](N2CCC3(CC2)OCCO3)C(=O)N1c1ccc(Cl)cc1. The number of carbonyl (C=O) groups is 2. The van der Waals surface area contributed by atoms with Crippen molar-refractivity contribution in [1.29, 1.82) is 0 Å². The molecule has 0 saturated carbocycles. The van der Waals surface area contributed by atoms with E-state index in [2.05, 4.69) is 4.90 Å². The summed E-state index contributed by atoms with van der Waals surface area (Å²) in [6, 6.07) is 6.37. The first-order chi connectivity index (χ1) is 11.6. The van der Waals surface area contributed by atoms with Crippen LogP contribution in [0.3, 0.4) is 0 Å². The van der Waals surface area contributed by atoms with Gasteiger partial charge in [-0.3, -0.25) is 14.5 Å². The lowest BCUT2D eigenvalue weighted by Crippen LogP contribution is -2.51. The predicted octanol–water partition coefficient (Wildman–Crippen LogP) is 1.81. The minimum atomic E-state index is -0.474. The molecule has 128 valence electrons. The van der Waals surface area contributed by atoms with E-state index in [0.29, 0.717) is 37.0 Å². The number of anilines is 1. The molecule has 3 saturated heterocycles. The first-order valence-corrected chi connectivity index (χ1v) is 8.60. The van der Waals surface area contributed by atoms with Crippen molar-refractivity contribution in [3.8, 4) is 0 Å². The molecule has 3 aliphatic rings. The highest BCUT2D eigenvalue weighted by atomic mass is 35.5. The van der Waals surface area contributed by atoms with Gasteiger partial charge in [0.05, 0.1) is 31.4 Å². The van der Waals surface area contributed by atoms with Gasteiger partial charge >= 0.3 is 0 Å². The maximum Gasteiger partial charge on any atom is 0.251 e. The van der Waals surface area contributed by atoms with Gasteiger partial charge in [0.25, 0.3) is 5.91 Å². The number of ether oxygens (including phenoxy) is 2. The number of likely N-dealkylation sites (tertiary alicyclic amines) is 1. The minimum absolute atomic E-state index is 0.161. The van der Waals surface area contributed by atoms with E-state index in [-0.39, 0.29) is 18.2 Å². The van der Waals surface area contributed by atoms with Crippen LogP contribution >= 0.6 is 11.6 Å². The Balaban J connectivity index is 1.47. The highest BCUT2D eigenvalue weighted by Crippen LogP contribution is 2.34. The zero-order valence-electron chi connectivity index (χ0n) is 13.2. The number of hydrogen-bond donors (Lipinski definition) is 0. The lowest BCUT2D eigenvalue weighted by atomic mass is 10.0. The third kappa shape index (κ3) is 2.73. The van der Waals surface area contributed by atoms with Crippen LogP contribution < -0.4 is 4.90 Å². The van der Waals surface area contributed by atoms with Gasteiger partial charge in [0.1, 0.15) is 0 Å². The molecule has 1 aromatic carbocycles. The van der Waals surface area contributed by atoms with E-state index in [1.54, 1.807) is 24.3 Å². The Kier molecular flexibility index (Phi) is 4.08. The van der Waals surface area contributed by atoms with Gasteiger partial charge in [-0.15, -0.1) is 0 Å². The normalized spacial score (nSPS) is 27.4. The Hall–Kier alpha value is -1.47. The van der Waals surface area contributed by atoms with Crippen LogP contribution in [0.1, 0.15) is 19.3 Å². The van der Waals surface area contributed by atoms with Crippen LogP contribution in [0, 0.1) is 0 Å². The molecule has 3 aliphatic heterocycles. The molecule has 0 N–H and O–H groups in total. The van der Waals surface area contributed by atoms with Crippen LogP contribution in [0.25, 0.3) is 0 Å². The van der Waals surface area contributed by atoms with Crippen molar-refractivity contribution in [2.24, 2.45) is 0 Å². The van der Waals surface area contributed by atoms with Crippen LogP contribution in [0.15, 0.2) is 24.3 Å². The van der Waals surface area contributed by atoms with E-state index < -0.39 is 11.8 Å². The summed E-state index contributed by atoms with van der Waals surface area (Å²) in [5.41, 5.74) is 0.577. The molecule has 0 unspecified atom stereocenters. The first kappa shape index (κ1) is 16.0. The second-order valence-corrected chi connectivity index (χ2v) is 6.84. The van der Waals surface area contributed by atoms with Crippen molar-refractivity contribution in [2.45, 2.75) is 31.1 Å². The molecule has 0 bridgehead atoms. The summed E-state index contributed by atoms with van der Waals surface area (Å²) in [5.74, 6) is -0.801. The van der Waals surface area contributed by atoms with Crippen molar-refractivity contribution in [1.82, 2.24) is 4.90 Å². The maximum atomic E-state index is 12.8. The average molecular weight is 351 g/mol. The fourth-order valence-corrected chi connectivity index (χ4v) is 3.85. The second kappa shape index (κ2) is 6.11. The largest absolute Gasteiger partial charge is 0.347 e. The number of imide groups is 1. The fraction of sp³-hybridized carbons (Fsp3) is 0.529. The summed E-state index contributed by atoms with van der Waals surface area (Å²) in [4.78, 5) is 28.5. The van der Waals surface area contributed by atoms with Crippen LogP contribution in [-0.2, 0) is 19.1 Å². The molecule has 3 fully saturated rings. The number of hydrogen-bond acceptors (Lipinski definition) is 5. The topological polar surface area (TPSA) is 59.1 Å². The summed E-state index contributed by atoms with van der Waals surface area (Å²) in [6.45, 7) is 2.65. The van der Waals surface area contributed by atoms with E-state index in [1.165, 1.54) is 4.90 Å². The highest BCUT2D eigenvalue weighted by molar-refractivity contribution is 6.30. The summed E-state index contributed by atoms with van der Waals surface area (Å²) < 4.78 is 11.4. The Morgan fingerprint density at radius 1 is 1.04 bits per heavy atom. The van der Waals surface area contributed by atoms with E-state index in [4.69, 9.17) is 21.1 Å². The highest BCUT2D eigenvalue weighted by Gasteiger charge is 2.47. The molecule has 0 radical (unpaired) electrons. The number of nitrogens with zero attached hydrogens (tertiary/aromatic N) is 2. The van der Waals surface area contributed by atoms with Gasteiger partial charge in [0.2, 0.25) is 5.91 Å². The lowest BCUT2D eigenvalue weighted by molar-refractivity contribution is -0.188. The molecular formula is C17H19ClN2O4. The molecule has 1 spiro atoms. The minimum Gasteiger partial charge on any atom is -0.347 e. The molecule has 6 nitrogen and oxygen atoms in total. The number of amides is 2. The van der Waals surface area contributed by atoms with Crippen LogP contribution in [0.2, 0.25) is 5.02 Å². The average Bonchev–Trinajstić information content (AvgIpc) is 3.15. The Morgan fingerprint density at radius 3 is 2.29 bits per heavy atom. The van der Waals surface area contributed by atoms with E-state index in [1.807, 2.05) is 0 Å². The van der Waals surface area contributed by atoms with Gasteiger partial charge in [-0.1, -0.05) is 11.6 Å². The number of halogens is 1. The molecule has 0 aliphatic carbocycles. The third-order valence-corrected chi connectivity index (χ3v) is 5.27. The Morgan fingerprint density at radius 2 is 1.67 bits per heavy atom. The Labute approximate surface area is 145 Å². The van der Waals surface area contributed by atoms with Gasteiger partial charge < -0.3 is 9.47 Å². The van der Waals surface area contributed by atoms with Gasteiger partial charge in [-0.25, -0.2) is 4.90 Å². The molecule has 0 aromatic heterocycles. The molecule has 1 aromatic rings. The van der Waals surface area contributed by atoms with Crippen molar-refractivity contribution in [3.63, 3.8) is 0 Å². The summed E-state index contributed by atoms with van der Waals surface area (Å²) in [6.07, 6.45) is 1.67. The molecule has 4 rings (SSSR count). The van der Waals surface area contributed by atoms with E-state index in [9.17, 15) is 9.59 Å². The monoisotopic (exact) mass is 350 g/mol. The number of piperidine rings is 1. The second-order valence-electron chi connectivity index (χ2n) is 6.41. The summed E-state index contributed by atoms with van der Waals surface area (Å²) >= 11 is 5.88. The van der Waals surface area contributed by atoms with E-state index in [0.717, 1.165) is 12.8 Å². The fourth-order valence-electron chi connectivity index (χ4n) is 3.72. The van der Waals surface area contributed by atoms with E-state index >= 15 is 0 Å². The smallest absolute Gasteiger partial charge is 0.251 e. The maximum absolute atomic E-state index is 12.8. The molecule has 7 heteroatoms. The predicted molar refractivity (Wildman–Crippen MR) is 87.8 cm³/mol. The van der Waals surface area contributed by atoms with Crippen molar-refractivity contribution in [3.05, 3.63) is 29.3 Å². The van der Waals surface area contributed by atoms with Gasteiger partial charge in [-0.05, 0) is 24.3 Å². The Bertz CT molecular complexity index is 647. The molecule has 1 atom stereocenters. The van der Waals surface area contributed by atoms with Crippen molar-refractivity contribution < 1.29 is 19.1 Å².